The predicted octanol–water partition coefficient (Wildman–Crippen LogP) is 7.57. The molecule has 3 atom stereocenters. The highest BCUT2D eigenvalue weighted by Gasteiger charge is 2.32. The van der Waals surface area contributed by atoms with Crippen molar-refractivity contribution < 1.29 is 0 Å². The van der Waals surface area contributed by atoms with Gasteiger partial charge in [0.2, 0.25) is 0 Å². The van der Waals surface area contributed by atoms with Gasteiger partial charge >= 0.3 is 0 Å². The standard InChI is InChI=1S/C21H44/c1-16(14-19(3,4)5)12-13-18(21(9,10)11)17(2)15-20(6,7)8/h16-18H,12-15H2,1-11H3. The van der Waals surface area contributed by atoms with Crippen molar-refractivity contribution in [3.8, 4) is 0 Å². The molecule has 0 heteroatoms. The summed E-state index contributed by atoms with van der Waals surface area (Å²) in [5.41, 5.74) is 1.33. The van der Waals surface area contributed by atoms with E-state index in [0.29, 0.717) is 16.2 Å². The predicted molar refractivity (Wildman–Crippen MR) is 98.7 cm³/mol. The third-order valence-corrected chi connectivity index (χ3v) is 4.66. The number of hydrogen-bond acceptors (Lipinski definition) is 0. The first kappa shape index (κ1) is 21.0. The highest BCUT2D eigenvalue weighted by atomic mass is 14.4. The molecule has 0 aliphatic heterocycles. The second-order valence-electron chi connectivity index (χ2n) is 11.2. The topological polar surface area (TPSA) is 0 Å². The minimum absolute atomic E-state index is 0.423. The molecule has 0 N–H and O–H groups in total. The third-order valence-electron chi connectivity index (χ3n) is 4.66. The zero-order valence-corrected chi connectivity index (χ0v) is 17.1. The lowest BCUT2D eigenvalue weighted by molar-refractivity contribution is 0.111. The molecule has 0 aromatic rings. The molecular formula is C21H44. The van der Waals surface area contributed by atoms with Crippen LogP contribution in [0.25, 0.3) is 0 Å². The molecule has 0 saturated carbocycles. The molecular weight excluding hydrogens is 252 g/mol. The van der Waals surface area contributed by atoms with E-state index in [1.54, 1.807) is 0 Å². The van der Waals surface area contributed by atoms with E-state index in [1.807, 2.05) is 0 Å². The largest absolute Gasteiger partial charge is 0.0625 e. The van der Waals surface area contributed by atoms with Crippen molar-refractivity contribution in [2.24, 2.45) is 34.0 Å². The van der Waals surface area contributed by atoms with E-state index in [9.17, 15) is 0 Å². The fourth-order valence-electron chi connectivity index (χ4n) is 4.29. The van der Waals surface area contributed by atoms with Crippen LogP contribution in [0.4, 0.5) is 0 Å². The van der Waals surface area contributed by atoms with E-state index in [0.717, 1.165) is 17.8 Å². The molecule has 128 valence electrons. The fourth-order valence-corrected chi connectivity index (χ4v) is 4.29. The summed E-state index contributed by atoms with van der Waals surface area (Å²) in [5.74, 6) is 2.49. The first-order valence-corrected chi connectivity index (χ1v) is 9.12. The Bertz CT molecular complexity index is 279. The van der Waals surface area contributed by atoms with Crippen LogP contribution in [0.1, 0.15) is 102 Å². The van der Waals surface area contributed by atoms with E-state index in [4.69, 9.17) is 0 Å². The van der Waals surface area contributed by atoms with Crippen LogP contribution in [0.5, 0.6) is 0 Å². The van der Waals surface area contributed by atoms with Crippen molar-refractivity contribution in [2.45, 2.75) is 102 Å². The molecule has 0 fully saturated rings. The van der Waals surface area contributed by atoms with Crippen molar-refractivity contribution in [1.82, 2.24) is 0 Å². The van der Waals surface area contributed by atoms with Crippen LogP contribution in [-0.4, -0.2) is 0 Å². The van der Waals surface area contributed by atoms with Gasteiger partial charge in [0.1, 0.15) is 0 Å². The van der Waals surface area contributed by atoms with Gasteiger partial charge in [-0.3, -0.25) is 0 Å². The fraction of sp³-hybridized carbons (Fsp3) is 1.00. The normalized spacial score (nSPS) is 18.4. The van der Waals surface area contributed by atoms with Gasteiger partial charge in [-0.25, -0.2) is 0 Å². The van der Waals surface area contributed by atoms with E-state index in [1.165, 1.54) is 25.7 Å². The Morgan fingerprint density at radius 3 is 1.38 bits per heavy atom. The zero-order chi connectivity index (χ0) is 17.1. The van der Waals surface area contributed by atoms with Gasteiger partial charge in [0.25, 0.3) is 0 Å². The van der Waals surface area contributed by atoms with Crippen LogP contribution in [-0.2, 0) is 0 Å². The van der Waals surface area contributed by atoms with Gasteiger partial charge in [0, 0.05) is 0 Å². The van der Waals surface area contributed by atoms with Crippen LogP contribution >= 0.6 is 0 Å². The maximum atomic E-state index is 2.48. The minimum atomic E-state index is 0.423. The Kier molecular flexibility index (Phi) is 7.51. The van der Waals surface area contributed by atoms with Crippen molar-refractivity contribution >= 4 is 0 Å². The summed E-state index contributed by atoms with van der Waals surface area (Å²) in [7, 11) is 0. The Balaban J connectivity index is 4.66. The molecule has 0 amide bonds. The first-order chi connectivity index (χ1) is 9.12. The molecule has 0 aliphatic carbocycles. The lowest BCUT2D eigenvalue weighted by Crippen LogP contribution is -2.30. The summed E-state index contributed by atoms with van der Waals surface area (Å²) in [5, 5.41) is 0. The maximum Gasteiger partial charge on any atom is -0.0339 e. The highest BCUT2D eigenvalue weighted by Crippen LogP contribution is 2.41. The molecule has 0 saturated heterocycles. The Hall–Kier alpha value is 0. The lowest BCUT2D eigenvalue weighted by Gasteiger charge is -2.39. The van der Waals surface area contributed by atoms with Gasteiger partial charge in [-0.1, -0.05) is 82.6 Å². The van der Waals surface area contributed by atoms with Gasteiger partial charge in [-0.2, -0.15) is 0 Å². The third kappa shape index (κ3) is 10.4. The Labute approximate surface area is 136 Å². The number of rotatable bonds is 6. The Morgan fingerprint density at radius 1 is 0.619 bits per heavy atom. The van der Waals surface area contributed by atoms with Crippen molar-refractivity contribution in [1.29, 1.82) is 0 Å². The molecule has 0 spiro atoms. The second-order valence-corrected chi connectivity index (χ2v) is 11.2. The van der Waals surface area contributed by atoms with Crippen LogP contribution in [0.3, 0.4) is 0 Å². The van der Waals surface area contributed by atoms with Gasteiger partial charge in [-0.15, -0.1) is 0 Å². The molecule has 0 nitrogen and oxygen atoms in total. The molecule has 0 aromatic heterocycles. The summed E-state index contributed by atoms with van der Waals surface area (Å²) in [6.45, 7) is 26.5. The van der Waals surface area contributed by atoms with E-state index in [2.05, 4.69) is 76.2 Å². The lowest BCUT2D eigenvalue weighted by atomic mass is 9.66. The first-order valence-electron chi connectivity index (χ1n) is 9.12. The van der Waals surface area contributed by atoms with Gasteiger partial charge in [0.05, 0.1) is 0 Å². The summed E-state index contributed by atoms with van der Waals surface area (Å²) in [6.07, 6.45) is 5.45. The van der Waals surface area contributed by atoms with Gasteiger partial charge < -0.3 is 0 Å². The summed E-state index contributed by atoms with van der Waals surface area (Å²) < 4.78 is 0. The average molecular weight is 297 g/mol. The molecule has 0 rings (SSSR count). The summed E-state index contributed by atoms with van der Waals surface area (Å²) in [6, 6.07) is 0. The summed E-state index contributed by atoms with van der Waals surface area (Å²) >= 11 is 0. The molecule has 3 unspecified atom stereocenters. The molecule has 0 bridgehead atoms. The molecule has 0 radical (unpaired) electrons. The van der Waals surface area contributed by atoms with Crippen LogP contribution in [0, 0.1) is 34.0 Å². The van der Waals surface area contributed by atoms with Crippen LogP contribution < -0.4 is 0 Å². The minimum Gasteiger partial charge on any atom is -0.0625 e. The molecule has 0 aliphatic rings. The van der Waals surface area contributed by atoms with Crippen LogP contribution in [0.2, 0.25) is 0 Å². The van der Waals surface area contributed by atoms with Crippen LogP contribution in [0.15, 0.2) is 0 Å². The highest BCUT2D eigenvalue weighted by molar-refractivity contribution is 4.82. The van der Waals surface area contributed by atoms with Gasteiger partial charge in [0.15, 0.2) is 0 Å². The monoisotopic (exact) mass is 296 g/mol. The number of hydrogen-bond donors (Lipinski definition) is 0. The van der Waals surface area contributed by atoms with E-state index >= 15 is 0 Å². The Morgan fingerprint density at radius 2 is 1.05 bits per heavy atom. The SMILES string of the molecule is CC(CCC(C(C)CC(C)(C)C)C(C)(C)C)CC(C)(C)C. The quantitative estimate of drug-likeness (QED) is 0.474. The average Bonchev–Trinajstić information content (AvgIpc) is 2.08. The van der Waals surface area contributed by atoms with Crippen molar-refractivity contribution in [2.75, 3.05) is 0 Å². The van der Waals surface area contributed by atoms with Crippen molar-refractivity contribution in [3.05, 3.63) is 0 Å². The zero-order valence-electron chi connectivity index (χ0n) is 17.1. The molecule has 0 aromatic carbocycles. The maximum absolute atomic E-state index is 2.48. The molecule has 0 heterocycles. The van der Waals surface area contributed by atoms with E-state index < -0.39 is 0 Å². The smallest absolute Gasteiger partial charge is 0.0339 e. The second kappa shape index (κ2) is 7.51. The van der Waals surface area contributed by atoms with Crippen molar-refractivity contribution in [3.63, 3.8) is 0 Å². The molecule has 21 heavy (non-hydrogen) atoms. The summed E-state index contributed by atoms with van der Waals surface area (Å²) in [4.78, 5) is 0. The van der Waals surface area contributed by atoms with Gasteiger partial charge in [-0.05, 0) is 53.3 Å². The van der Waals surface area contributed by atoms with E-state index in [-0.39, 0.29) is 0 Å².